The number of amides is 1. The van der Waals surface area contributed by atoms with Crippen molar-refractivity contribution in [1.29, 1.82) is 0 Å². The van der Waals surface area contributed by atoms with Gasteiger partial charge in [0.15, 0.2) is 10.8 Å². The number of carbonyl (C=O) groups excluding carboxylic acids is 1. The third kappa shape index (κ3) is 2.88. The van der Waals surface area contributed by atoms with E-state index in [-0.39, 0.29) is 11.9 Å². The molecule has 25 heavy (non-hydrogen) atoms. The molecule has 1 aliphatic rings. The quantitative estimate of drug-likeness (QED) is 0.756. The number of furan rings is 1. The summed E-state index contributed by atoms with van der Waals surface area (Å²) in [6.07, 6.45) is -0.0542. The lowest BCUT2D eigenvalue weighted by molar-refractivity contribution is 0.0861. The van der Waals surface area contributed by atoms with Crippen LogP contribution >= 0.6 is 11.3 Å². The van der Waals surface area contributed by atoms with Crippen molar-refractivity contribution in [2.75, 3.05) is 0 Å². The fourth-order valence-electron chi connectivity index (χ4n) is 3.22. The smallest absolute Gasteiger partial charge is 0.263 e. The lowest BCUT2D eigenvalue weighted by Gasteiger charge is -2.17. The number of hydrogen-bond donors (Lipinski definition) is 2. The number of benzene rings is 1. The van der Waals surface area contributed by atoms with Crippen LogP contribution in [0.15, 0.2) is 40.8 Å². The highest BCUT2D eigenvalue weighted by molar-refractivity contribution is 7.17. The molecule has 2 heterocycles. The zero-order valence-electron chi connectivity index (χ0n) is 13.9. The van der Waals surface area contributed by atoms with E-state index in [4.69, 9.17) is 4.42 Å². The molecule has 4 rings (SSSR count). The number of carbonyl (C=O) groups is 1. The molecule has 0 bridgehead atoms. The molecule has 6 heteroatoms. The van der Waals surface area contributed by atoms with Gasteiger partial charge in [-0.05, 0) is 37.1 Å². The van der Waals surface area contributed by atoms with Crippen LogP contribution in [0.25, 0.3) is 10.8 Å². The molecule has 0 fully saturated rings. The standard InChI is InChI=1S/C19H18N2O3S/c1-10-7-8-15(24-10)19-20-11(2)17(25-19)18(23)21-16-13-6-4-3-5-12(13)9-14(16)22/h3-8,14,16,22H,9H2,1-2H3,(H,21,23)/t14-,16+/m1/s1. The van der Waals surface area contributed by atoms with Crippen molar-refractivity contribution in [3.05, 3.63) is 63.9 Å². The summed E-state index contributed by atoms with van der Waals surface area (Å²) in [6.45, 7) is 3.68. The minimum absolute atomic E-state index is 0.217. The van der Waals surface area contributed by atoms with Gasteiger partial charge in [-0.1, -0.05) is 24.3 Å². The average Bonchev–Trinajstić information content (AvgIpc) is 3.26. The molecule has 1 aliphatic carbocycles. The number of hydrogen-bond acceptors (Lipinski definition) is 5. The molecular weight excluding hydrogens is 336 g/mol. The van der Waals surface area contributed by atoms with Crippen molar-refractivity contribution in [1.82, 2.24) is 10.3 Å². The van der Waals surface area contributed by atoms with Gasteiger partial charge in [-0.3, -0.25) is 4.79 Å². The molecule has 5 nitrogen and oxygen atoms in total. The predicted octanol–water partition coefficient (Wildman–Crippen LogP) is 3.41. The normalized spacial score (nSPS) is 19.0. The molecule has 2 aromatic heterocycles. The van der Waals surface area contributed by atoms with Crippen LogP contribution in [0, 0.1) is 13.8 Å². The first-order chi connectivity index (χ1) is 12.0. The summed E-state index contributed by atoms with van der Waals surface area (Å²) in [6, 6.07) is 11.1. The van der Waals surface area contributed by atoms with Crippen molar-refractivity contribution in [2.45, 2.75) is 32.4 Å². The van der Waals surface area contributed by atoms with Crippen LogP contribution in [0.1, 0.15) is 38.3 Å². The number of aliphatic hydroxyl groups is 1. The molecule has 0 radical (unpaired) electrons. The Kier molecular flexibility index (Phi) is 3.94. The monoisotopic (exact) mass is 354 g/mol. The first-order valence-electron chi connectivity index (χ1n) is 8.14. The van der Waals surface area contributed by atoms with Gasteiger partial charge in [0.05, 0.1) is 17.8 Å². The second-order valence-electron chi connectivity index (χ2n) is 6.27. The highest BCUT2D eigenvalue weighted by Gasteiger charge is 2.33. The average molecular weight is 354 g/mol. The van der Waals surface area contributed by atoms with E-state index in [1.165, 1.54) is 11.3 Å². The maximum atomic E-state index is 12.7. The summed E-state index contributed by atoms with van der Waals surface area (Å²) >= 11 is 1.30. The Balaban J connectivity index is 1.59. The van der Waals surface area contributed by atoms with Gasteiger partial charge >= 0.3 is 0 Å². The van der Waals surface area contributed by atoms with E-state index in [0.29, 0.717) is 27.8 Å². The van der Waals surface area contributed by atoms with Crippen molar-refractivity contribution >= 4 is 17.2 Å². The zero-order chi connectivity index (χ0) is 17.6. The van der Waals surface area contributed by atoms with Crippen molar-refractivity contribution in [3.63, 3.8) is 0 Å². The molecule has 3 aromatic rings. The van der Waals surface area contributed by atoms with Crippen LogP contribution in [0.3, 0.4) is 0 Å². The van der Waals surface area contributed by atoms with E-state index in [9.17, 15) is 9.90 Å². The van der Waals surface area contributed by atoms with Crippen LogP contribution < -0.4 is 5.32 Å². The van der Waals surface area contributed by atoms with Crippen LogP contribution in [0.5, 0.6) is 0 Å². The van der Waals surface area contributed by atoms with Crippen molar-refractivity contribution in [2.24, 2.45) is 0 Å². The Hall–Kier alpha value is -2.44. The summed E-state index contributed by atoms with van der Waals surface area (Å²) in [5.74, 6) is 1.25. The molecule has 1 aromatic carbocycles. The molecule has 2 N–H and O–H groups in total. The minimum Gasteiger partial charge on any atom is -0.459 e. The fourth-order valence-corrected chi connectivity index (χ4v) is 4.15. The Labute approximate surface area is 149 Å². The van der Waals surface area contributed by atoms with Gasteiger partial charge < -0.3 is 14.8 Å². The molecule has 0 spiro atoms. The number of fused-ring (bicyclic) bond motifs is 1. The van der Waals surface area contributed by atoms with Gasteiger partial charge in [0.25, 0.3) is 5.91 Å². The molecule has 0 saturated heterocycles. The van der Waals surface area contributed by atoms with Crippen LogP contribution in [0.2, 0.25) is 0 Å². The Bertz CT molecular complexity index is 944. The summed E-state index contributed by atoms with van der Waals surface area (Å²) in [4.78, 5) is 17.7. The van der Waals surface area contributed by atoms with Gasteiger partial charge in [-0.15, -0.1) is 11.3 Å². The maximum absolute atomic E-state index is 12.7. The summed E-state index contributed by atoms with van der Waals surface area (Å²) < 4.78 is 5.59. The molecule has 2 atom stereocenters. The van der Waals surface area contributed by atoms with Gasteiger partial charge in [-0.25, -0.2) is 4.98 Å². The van der Waals surface area contributed by atoms with E-state index in [1.54, 1.807) is 0 Å². The Morgan fingerprint density at radius 1 is 1.28 bits per heavy atom. The third-order valence-corrected chi connectivity index (χ3v) is 5.62. The molecule has 1 amide bonds. The topological polar surface area (TPSA) is 75.4 Å². The number of rotatable bonds is 3. The third-order valence-electron chi connectivity index (χ3n) is 4.44. The van der Waals surface area contributed by atoms with E-state index in [2.05, 4.69) is 10.3 Å². The number of nitrogens with zero attached hydrogens (tertiary/aromatic N) is 1. The highest BCUT2D eigenvalue weighted by atomic mass is 32.1. The zero-order valence-corrected chi connectivity index (χ0v) is 14.8. The largest absolute Gasteiger partial charge is 0.459 e. The number of nitrogens with one attached hydrogen (secondary N) is 1. The van der Waals surface area contributed by atoms with E-state index in [1.807, 2.05) is 50.2 Å². The van der Waals surface area contributed by atoms with Crippen LogP contribution in [-0.4, -0.2) is 22.1 Å². The minimum atomic E-state index is -0.609. The van der Waals surface area contributed by atoms with Crippen molar-refractivity contribution < 1.29 is 14.3 Å². The Morgan fingerprint density at radius 3 is 2.84 bits per heavy atom. The van der Waals surface area contributed by atoms with E-state index in [0.717, 1.165) is 16.9 Å². The number of aliphatic hydroxyl groups excluding tert-OH is 1. The SMILES string of the molecule is Cc1ccc(-c2nc(C)c(C(=O)N[C@H]3c4ccccc4C[C@H]3O)s2)o1. The number of aromatic nitrogens is 1. The molecular formula is C19H18N2O3S. The fraction of sp³-hybridized carbons (Fsp3) is 0.263. The van der Waals surface area contributed by atoms with Gasteiger partial charge in [-0.2, -0.15) is 0 Å². The first-order valence-corrected chi connectivity index (χ1v) is 8.95. The second kappa shape index (κ2) is 6.13. The second-order valence-corrected chi connectivity index (χ2v) is 7.26. The van der Waals surface area contributed by atoms with Crippen LogP contribution in [-0.2, 0) is 6.42 Å². The molecule has 0 aliphatic heterocycles. The first kappa shape index (κ1) is 16.1. The maximum Gasteiger partial charge on any atom is 0.263 e. The van der Waals surface area contributed by atoms with Gasteiger partial charge in [0.2, 0.25) is 0 Å². The summed E-state index contributed by atoms with van der Waals surface area (Å²) in [7, 11) is 0. The molecule has 0 saturated carbocycles. The predicted molar refractivity (Wildman–Crippen MR) is 95.7 cm³/mol. The number of aryl methyl sites for hydroxylation is 2. The van der Waals surface area contributed by atoms with E-state index >= 15 is 0 Å². The van der Waals surface area contributed by atoms with Gasteiger partial charge in [0, 0.05) is 6.42 Å². The van der Waals surface area contributed by atoms with E-state index < -0.39 is 6.10 Å². The lowest BCUT2D eigenvalue weighted by Crippen LogP contribution is -2.33. The Morgan fingerprint density at radius 2 is 2.08 bits per heavy atom. The highest BCUT2D eigenvalue weighted by Crippen LogP contribution is 2.33. The summed E-state index contributed by atoms with van der Waals surface area (Å²) in [5.41, 5.74) is 2.72. The van der Waals surface area contributed by atoms with Crippen LogP contribution in [0.4, 0.5) is 0 Å². The lowest BCUT2D eigenvalue weighted by atomic mass is 10.1. The van der Waals surface area contributed by atoms with Crippen molar-refractivity contribution in [3.8, 4) is 10.8 Å². The number of thiazole rings is 1. The molecule has 128 valence electrons. The summed E-state index contributed by atoms with van der Waals surface area (Å²) in [5, 5.41) is 14.0. The molecule has 0 unspecified atom stereocenters. The van der Waals surface area contributed by atoms with Gasteiger partial charge in [0.1, 0.15) is 10.6 Å².